The molecule has 0 bridgehead atoms. The van der Waals surface area contributed by atoms with Crippen LogP contribution >= 0.6 is 11.6 Å². The zero-order chi connectivity index (χ0) is 16.5. The highest BCUT2D eigenvalue weighted by atomic mass is 35.5. The topological polar surface area (TPSA) is 9.23 Å². The molecule has 22 heavy (non-hydrogen) atoms. The van der Waals surface area contributed by atoms with Gasteiger partial charge in [-0.15, -0.1) is 13.2 Å². The van der Waals surface area contributed by atoms with Crippen LogP contribution < -0.4 is 4.74 Å². The molecule has 0 saturated heterocycles. The molecule has 0 heterocycles. The summed E-state index contributed by atoms with van der Waals surface area (Å²) in [5.74, 6) is -0.604. The van der Waals surface area contributed by atoms with Crippen molar-refractivity contribution in [1.29, 1.82) is 0 Å². The lowest BCUT2D eigenvalue weighted by Crippen LogP contribution is -2.17. The van der Waals surface area contributed by atoms with Crippen molar-refractivity contribution >= 4 is 11.6 Å². The van der Waals surface area contributed by atoms with Gasteiger partial charge in [0.2, 0.25) is 0 Å². The van der Waals surface area contributed by atoms with Crippen molar-refractivity contribution in [1.82, 2.24) is 0 Å². The molecule has 0 radical (unpaired) electrons. The first-order chi connectivity index (χ1) is 10.1. The van der Waals surface area contributed by atoms with Crippen LogP contribution in [0, 0.1) is 0 Å². The molecule has 2 aromatic rings. The molecule has 2 rings (SSSR count). The van der Waals surface area contributed by atoms with Gasteiger partial charge >= 0.3 is 12.5 Å². The third kappa shape index (κ3) is 4.07. The van der Waals surface area contributed by atoms with Crippen LogP contribution in [0.4, 0.5) is 26.3 Å². The van der Waals surface area contributed by atoms with Crippen molar-refractivity contribution in [3.63, 3.8) is 0 Å². The van der Waals surface area contributed by atoms with E-state index in [2.05, 4.69) is 4.74 Å². The van der Waals surface area contributed by atoms with Gasteiger partial charge in [-0.1, -0.05) is 29.8 Å². The molecule has 0 spiro atoms. The Morgan fingerprint density at radius 3 is 2.14 bits per heavy atom. The van der Waals surface area contributed by atoms with E-state index in [0.717, 1.165) is 18.2 Å². The van der Waals surface area contributed by atoms with Gasteiger partial charge in [0.1, 0.15) is 5.75 Å². The summed E-state index contributed by atoms with van der Waals surface area (Å²) >= 11 is 5.56. The molecule has 0 aliphatic heterocycles. The number of halogens is 7. The molecule has 0 aromatic heterocycles. The van der Waals surface area contributed by atoms with E-state index in [-0.39, 0.29) is 16.1 Å². The second-order valence-electron chi connectivity index (χ2n) is 4.26. The Morgan fingerprint density at radius 1 is 0.864 bits per heavy atom. The maximum Gasteiger partial charge on any atom is 0.573 e. The normalized spacial score (nSPS) is 12.3. The molecule has 0 atom stereocenters. The van der Waals surface area contributed by atoms with Crippen LogP contribution in [-0.2, 0) is 6.18 Å². The Bertz CT molecular complexity index is 678. The fourth-order valence-corrected chi connectivity index (χ4v) is 2.04. The molecular formula is C14H7ClF6O. The Balaban J connectivity index is 2.51. The highest BCUT2D eigenvalue weighted by molar-refractivity contribution is 6.30. The van der Waals surface area contributed by atoms with Gasteiger partial charge in [-0.05, 0) is 35.4 Å². The smallest absolute Gasteiger partial charge is 0.406 e. The Hall–Kier alpha value is -1.89. The minimum Gasteiger partial charge on any atom is -0.406 e. The van der Waals surface area contributed by atoms with Crippen molar-refractivity contribution in [3.8, 4) is 16.9 Å². The number of alkyl halides is 6. The minimum atomic E-state index is -4.93. The third-order valence-electron chi connectivity index (χ3n) is 2.67. The summed E-state index contributed by atoms with van der Waals surface area (Å²) < 4.78 is 79.3. The number of benzene rings is 2. The van der Waals surface area contributed by atoms with Crippen molar-refractivity contribution in [2.24, 2.45) is 0 Å². The number of hydrogen-bond donors (Lipinski definition) is 0. The van der Waals surface area contributed by atoms with Gasteiger partial charge in [-0.25, -0.2) is 0 Å². The molecule has 0 N–H and O–H groups in total. The van der Waals surface area contributed by atoms with Gasteiger partial charge < -0.3 is 4.74 Å². The first-order valence-corrected chi connectivity index (χ1v) is 6.17. The molecule has 2 aromatic carbocycles. The average molecular weight is 341 g/mol. The van der Waals surface area contributed by atoms with Crippen LogP contribution in [0.25, 0.3) is 11.1 Å². The lowest BCUT2D eigenvalue weighted by molar-refractivity contribution is -0.274. The molecule has 1 nitrogen and oxygen atoms in total. The summed E-state index contributed by atoms with van der Waals surface area (Å²) in [7, 11) is 0. The second-order valence-corrected chi connectivity index (χ2v) is 4.70. The van der Waals surface area contributed by atoms with Gasteiger partial charge in [-0.2, -0.15) is 13.2 Å². The Morgan fingerprint density at radius 2 is 1.55 bits per heavy atom. The monoisotopic (exact) mass is 340 g/mol. The molecular weight excluding hydrogens is 334 g/mol. The maximum absolute atomic E-state index is 13.0. The van der Waals surface area contributed by atoms with E-state index in [0.29, 0.717) is 6.07 Å². The largest absolute Gasteiger partial charge is 0.573 e. The summed E-state index contributed by atoms with van der Waals surface area (Å²) in [5, 5.41) is -0.126. The van der Waals surface area contributed by atoms with E-state index in [1.165, 1.54) is 18.2 Å². The predicted octanol–water partition coefficient (Wildman–Crippen LogP) is 5.92. The SMILES string of the molecule is FC(F)(F)Oc1cccc(-c2ccc(Cl)cc2C(F)(F)F)c1. The maximum atomic E-state index is 13.0. The molecule has 118 valence electrons. The Kier molecular flexibility index (Phi) is 4.28. The lowest BCUT2D eigenvalue weighted by Gasteiger charge is -2.15. The molecule has 0 saturated carbocycles. The van der Waals surface area contributed by atoms with E-state index >= 15 is 0 Å². The van der Waals surface area contributed by atoms with Crippen LogP contribution in [0.15, 0.2) is 42.5 Å². The molecule has 0 unspecified atom stereocenters. The molecule has 0 aliphatic carbocycles. The van der Waals surface area contributed by atoms with Crippen LogP contribution in [0.1, 0.15) is 5.56 Å². The van der Waals surface area contributed by atoms with Crippen LogP contribution in [-0.4, -0.2) is 6.36 Å². The van der Waals surface area contributed by atoms with Gasteiger partial charge in [0.25, 0.3) is 0 Å². The van der Waals surface area contributed by atoms with E-state index in [1.54, 1.807) is 0 Å². The van der Waals surface area contributed by atoms with Crippen molar-refractivity contribution in [3.05, 3.63) is 53.1 Å². The van der Waals surface area contributed by atoms with Gasteiger partial charge in [0, 0.05) is 5.02 Å². The second kappa shape index (κ2) is 5.72. The molecule has 0 aliphatic rings. The standard InChI is InChI=1S/C14H7ClF6O/c15-9-4-5-11(12(7-9)13(16,17)18)8-2-1-3-10(6-8)22-14(19,20)21/h1-7H. The highest BCUT2D eigenvalue weighted by Gasteiger charge is 2.34. The van der Waals surface area contributed by atoms with E-state index in [9.17, 15) is 26.3 Å². The molecule has 8 heteroatoms. The van der Waals surface area contributed by atoms with E-state index in [1.807, 2.05) is 0 Å². The average Bonchev–Trinajstić information content (AvgIpc) is 2.36. The first-order valence-electron chi connectivity index (χ1n) is 5.79. The third-order valence-corrected chi connectivity index (χ3v) is 2.90. The van der Waals surface area contributed by atoms with Crippen LogP contribution in [0.3, 0.4) is 0 Å². The molecule has 0 amide bonds. The fraction of sp³-hybridized carbons (Fsp3) is 0.143. The summed E-state index contributed by atoms with van der Waals surface area (Å²) in [6.45, 7) is 0. The predicted molar refractivity (Wildman–Crippen MR) is 68.6 cm³/mol. The number of ether oxygens (including phenoxy) is 1. The Labute approximate surface area is 126 Å². The summed E-state index contributed by atoms with van der Waals surface area (Å²) in [6, 6.07) is 7.34. The van der Waals surface area contributed by atoms with Gasteiger partial charge in [-0.3, -0.25) is 0 Å². The fourth-order valence-electron chi connectivity index (χ4n) is 1.86. The van der Waals surface area contributed by atoms with E-state index < -0.39 is 23.9 Å². The van der Waals surface area contributed by atoms with Crippen molar-refractivity contribution < 1.29 is 31.1 Å². The first kappa shape index (κ1) is 16.5. The number of hydrogen-bond acceptors (Lipinski definition) is 1. The van der Waals surface area contributed by atoms with Crippen LogP contribution in [0.2, 0.25) is 5.02 Å². The quantitative estimate of drug-likeness (QED) is 0.616. The number of rotatable bonds is 2. The highest BCUT2D eigenvalue weighted by Crippen LogP contribution is 2.39. The summed E-state index contributed by atoms with van der Waals surface area (Å²) in [6.07, 6.45) is -9.62. The molecule has 0 fully saturated rings. The summed E-state index contributed by atoms with van der Waals surface area (Å²) in [4.78, 5) is 0. The zero-order valence-electron chi connectivity index (χ0n) is 10.6. The van der Waals surface area contributed by atoms with E-state index in [4.69, 9.17) is 11.6 Å². The van der Waals surface area contributed by atoms with Gasteiger partial charge in [0.05, 0.1) is 5.56 Å². The van der Waals surface area contributed by atoms with Gasteiger partial charge in [0.15, 0.2) is 0 Å². The lowest BCUT2D eigenvalue weighted by atomic mass is 9.99. The minimum absolute atomic E-state index is 0.0641. The zero-order valence-corrected chi connectivity index (χ0v) is 11.4. The summed E-state index contributed by atoms with van der Waals surface area (Å²) in [5.41, 5.74) is -1.39. The van der Waals surface area contributed by atoms with Crippen molar-refractivity contribution in [2.75, 3.05) is 0 Å². The van der Waals surface area contributed by atoms with Crippen molar-refractivity contribution in [2.45, 2.75) is 12.5 Å². The van der Waals surface area contributed by atoms with Crippen LogP contribution in [0.5, 0.6) is 5.75 Å².